The smallest absolute Gasteiger partial charge is 0.0638 e. The summed E-state index contributed by atoms with van der Waals surface area (Å²) in [5.74, 6) is 0.672. The average molecular weight is 140 g/mol. The van der Waals surface area contributed by atoms with Crippen molar-refractivity contribution in [1.29, 1.82) is 5.26 Å². The fourth-order valence-electron chi connectivity index (χ4n) is 0.982. The van der Waals surface area contributed by atoms with E-state index in [1.165, 1.54) is 0 Å². The summed E-state index contributed by atoms with van der Waals surface area (Å²) in [5, 5.41) is 11.5. The molecule has 0 amide bonds. The van der Waals surface area contributed by atoms with Crippen LogP contribution >= 0.6 is 0 Å². The zero-order chi connectivity index (χ0) is 7.98. The SMILES string of the molecule is CNC(CC#N)CC(C)C. The van der Waals surface area contributed by atoms with Gasteiger partial charge in [-0.15, -0.1) is 0 Å². The molecule has 0 aliphatic rings. The molecule has 0 saturated heterocycles. The van der Waals surface area contributed by atoms with Gasteiger partial charge in [0.1, 0.15) is 0 Å². The Morgan fingerprint density at radius 2 is 2.10 bits per heavy atom. The first-order valence-corrected chi connectivity index (χ1v) is 3.75. The molecule has 1 unspecified atom stereocenters. The molecule has 0 rings (SSSR count). The molecule has 10 heavy (non-hydrogen) atoms. The van der Waals surface area contributed by atoms with Gasteiger partial charge in [-0.1, -0.05) is 13.8 Å². The molecule has 0 aliphatic heterocycles. The molecule has 2 heteroatoms. The highest BCUT2D eigenvalue weighted by Gasteiger charge is 2.06. The van der Waals surface area contributed by atoms with Gasteiger partial charge in [0.2, 0.25) is 0 Å². The zero-order valence-electron chi connectivity index (χ0n) is 7.02. The van der Waals surface area contributed by atoms with Crippen LogP contribution < -0.4 is 5.32 Å². The van der Waals surface area contributed by atoms with Crippen molar-refractivity contribution in [3.63, 3.8) is 0 Å². The molecule has 0 spiro atoms. The van der Waals surface area contributed by atoms with E-state index >= 15 is 0 Å². The molecular weight excluding hydrogens is 124 g/mol. The summed E-state index contributed by atoms with van der Waals surface area (Å²) in [6.07, 6.45) is 1.71. The van der Waals surface area contributed by atoms with Crippen molar-refractivity contribution in [2.45, 2.75) is 32.7 Å². The van der Waals surface area contributed by atoms with Crippen molar-refractivity contribution >= 4 is 0 Å². The van der Waals surface area contributed by atoms with Crippen LogP contribution in [-0.4, -0.2) is 13.1 Å². The van der Waals surface area contributed by atoms with Gasteiger partial charge in [0, 0.05) is 6.04 Å². The standard InChI is InChI=1S/C8H16N2/c1-7(2)6-8(10-3)4-5-9/h7-8,10H,4,6H2,1-3H3. The Hall–Kier alpha value is -0.550. The van der Waals surface area contributed by atoms with Gasteiger partial charge in [-0.2, -0.15) is 5.26 Å². The molecule has 58 valence electrons. The van der Waals surface area contributed by atoms with E-state index in [0.717, 1.165) is 6.42 Å². The largest absolute Gasteiger partial charge is 0.316 e. The lowest BCUT2D eigenvalue weighted by molar-refractivity contribution is 0.448. The number of hydrogen-bond donors (Lipinski definition) is 1. The Morgan fingerprint density at radius 3 is 2.40 bits per heavy atom. The second kappa shape index (κ2) is 5.25. The lowest BCUT2D eigenvalue weighted by Gasteiger charge is -2.14. The molecule has 0 bridgehead atoms. The van der Waals surface area contributed by atoms with Crippen molar-refractivity contribution in [1.82, 2.24) is 5.32 Å². The van der Waals surface area contributed by atoms with Gasteiger partial charge in [0.05, 0.1) is 12.5 Å². The minimum absolute atomic E-state index is 0.380. The Labute approximate surface area is 63.2 Å². The molecule has 0 aromatic carbocycles. The maximum atomic E-state index is 8.39. The average Bonchev–Trinajstić information content (AvgIpc) is 1.86. The van der Waals surface area contributed by atoms with Crippen LogP contribution in [0.3, 0.4) is 0 Å². The number of rotatable bonds is 4. The summed E-state index contributed by atoms with van der Waals surface area (Å²) in [4.78, 5) is 0. The Morgan fingerprint density at radius 1 is 1.50 bits per heavy atom. The molecule has 0 aliphatic carbocycles. The highest BCUT2D eigenvalue weighted by Crippen LogP contribution is 2.06. The summed E-state index contributed by atoms with van der Waals surface area (Å²) in [6, 6.07) is 2.54. The Bertz CT molecular complexity index is 113. The first-order valence-electron chi connectivity index (χ1n) is 3.75. The third-order valence-corrected chi connectivity index (χ3v) is 1.50. The minimum atomic E-state index is 0.380. The monoisotopic (exact) mass is 140 g/mol. The second-order valence-corrected chi connectivity index (χ2v) is 2.98. The van der Waals surface area contributed by atoms with Gasteiger partial charge in [0.25, 0.3) is 0 Å². The summed E-state index contributed by atoms with van der Waals surface area (Å²) >= 11 is 0. The summed E-state index contributed by atoms with van der Waals surface area (Å²) in [7, 11) is 1.91. The third-order valence-electron chi connectivity index (χ3n) is 1.50. The molecular formula is C8H16N2. The molecule has 0 radical (unpaired) electrons. The topological polar surface area (TPSA) is 35.8 Å². The van der Waals surface area contributed by atoms with Crippen molar-refractivity contribution in [3.8, 4) is 6.07 Å². The molecule has 0 heterocycles. The number of hydrogen-bond acceptors (Lipinski definition) is 2. The fourth-order valence-corrected chi connectivity index (χ4v) is 0.982. The number of nitrogens with zero attached hydrogens (tertiary/aromatic N) is 1. The van der Waals surface area contributed by atoms with Crippen LogP contribution in [0, 0.1) is 17.2 Å². The van der Waals surface area contributed by atoms with Crippen LogP contribution in [0.4, 0.5) is 0 Å². The molecule has 1 N–H and O–H groups in total. The maximum absolute atomic E-state index is 8.39. The van der Waals surface area contributed by atoms with Crippen molar-refractivity contribution in [2.24, 2.45) is 5.92 Å². The van der Waals surface area contributed by atoms with Gasteiger partial charge < -0.3 is 5.32 Å². The minimum Gasteiger partial charge on any atom is -0.316 e. The summed E-state index contributed by atoms with van der Waals surface area (Å²) in [6.45, 7) is 4.34. The van der Waals surface area contributed by atoms with Crippen LogP contribution in [-0.2, 0) is 0 Å². The van der Waals surface area contributed by atoms with Gasteiger partial charge in [0.15, 0.2) is 0 Å². The van der Waals surface area contributed by atoms with Gasteiger partial charge >= 0.3 is 0 Å². The van der Waals surface area contributed by atoms with E-state index in [1.54, 1.807) is 0 Å². The molecule has 1 atom stereocenters. The molecule has 2 nitrogen and oxygen atoms in total. The van der Waals surface area contributed by atoms with E-state index in [2.05, 4.69) is 25.2 Å². The molecule has 0 aromatic rings. The fraction of sp³-hybridized carbons (Fsp3) is 0.875. The predicted molar refractivity (Wildman–Crippen MR) is 42.5 cm³/mol. The van der Waals surface area contributed by atoms with Crippen LogP contribution in [0.2, 0.25) is 0 Å². The molecule has 0 saturated carbocycles. The second-order valence-electron chi connectivity index (χ2n) is 2.98. The summed E-state index contributed by atoms with van der Waals surface area (Å²) in [5.41, 5.74) is 0. The highest BCUT2D eigenvalue weighted by atomic mass is 14.9. The molecule has 0 aromatic heterocycles. The highest BCUT2D eigenvalue weighted by molar-refractivity contribution is 4.80. The first kappa shape index (κ1) is 9.45. The van der Waals surface area contributed by atoms with Gasteiger partial charge in [-0.3, -0.25) is 0 Å². The van der Waals surface area contributed by atoms with Crippen LogP contribution in [0.15, 0.2) is 0 Å². The maximum Gasteiger partial charge on any atom is 0.0638 e. The van der Waals surface area contributed by atoms with Crippen molar-refractivity contribution < 1.29 is 0 Å². The lowest BCUT2D eigenvalue weighted by atomic mass is 10.0. The van der Waals surface area contributed by atoms with E-state index in [-0.39, 0.29) is 0 Å². The van der Waals surface area contributed by atoms with E-state index in [0.29, 0.717) is 18.4 Å². The summed E-state index contributed by atoms with van der Waals surface area (Å²) < 4.78 is 0. The predicted octanol–water partition coefficient (Wildman–Crippen LogP) is 1.53. The van der Waals surface area contributed by atoms with Crippen LogP contribution in [0.1, 0.15) is 26.7 Å². The van der Waals surface area contributed by atoms with Gasteiger partial charge in [-0.25, -0.2) is 0 Å². The van der Waals surface area contributed by atoms with Crippen molar-refractivity contribution in [3.05, 3.63) is 0 Å². The van der Waals surface area contributed by atoms with E-state index in [4.69, 9.17) is 5.26 Å². The quantitative estimate of drug-likeness (QED) is 0.643. The normalized spacial score (nSPS) is 13.1. The molecule has 0 fully saturated rings. The van der Waals surface area contributed by atoms with Crippen LogP contribution in [0.25, 0.3) is 0 Å². The Balaban J connectivity index is 3.52. The van der Waals surface area contributed by atoms with E-state index in [1.807, 2.05) is 7.05 Å². The van der Waals surface area contributed by atoms with Crippen molar-refractivity contribution in [2.75, 3.05) is 7.05 Å². The first-order chi connectivity index (χ1) is 4.70. The lowest BCUT2D eigenvalue weighted by Crippen LogP contribution is -2.26. The zero-order valence-corrected chi connectivity index (χ0v) is 7.02. The van der Waals surface area contributed by atoms with Crippen LogP contribution in [0.5, 0.6) is 0 Å². The van der Waals surface area contributed by atoms with Gasteiger partial charge in [-0.05, 0) is 19.4 Å². The van der Waals surface area contributed by atoms with E-state index < -0.39 is 0 Å². The number of nitrogens with one attached hydrogen (secondary N) is 1. The number of nitriles is 1. The van der Waals surface area contributed by atoms with E-state index in [9.17, 15) is 0 Å². The Kier molecular flexibility index (Phi) is 4.96. The third kappa shape index (κ3) is 4.34.